The Labute approximate surface area is 193 Å². The van der Waals surface area contributed by atoms with Gasteiger partial charge < -0.3 is 14.7 Å². The molecule has 0 atom stereocenters. The van der Waals surface area contributed by atoms with E-state index in [4.69, 9.17) is 11.6 Å². The number of piperidine rings is 1. The second-order valence-corrected chi connectivity index (χ2v) is 10.1. The van der Waals surface area contributed by atoms with Crippen molar-refractivity contribution in [1.82, 2.24) is 19.6 Å². The van der Waals surface area contributed by atoms with Gasteiger partial charge in [-0.3, -0.25) is 14.5 Å². The van der Waals surface area contributed by atoms with Gasteiger partial charge in [0.1, 0.15) is 6.54 Å². The number of benzene rings is 1. The molecule has 3 heterocycles. The van der Waals surface area contributed by atoms with Crippen LogP contribution in [0.4, 0.5) is 0 Å². The van der Waals surface area contributed by atoms with Crippen LogP contribution in [0.1, 0.15) is 29.4 Å². The van der Waals surface area contributed by atoms with Gasteiger partial charge in [0.15, 0.2) is 0 Å². The second kappa shape index (κ2) is 9.86. The number of fused-ring (bicyclic) bond motifs is 1. The normalized spacial score (nSPS) is 19.1. The van der Waals surface area contributed by atoms with Crippen LogP contribution in [0.25, 0.3) is 10.1 Å². The van der Waals surface area contributed by atoms with E-state index in [1.807, 2.05) is 36.1 Å². The molecule has 2 aliphatic rings. The van der Waals surface area contributed by atoms with Gasteiger partial charge in [-0.15, -0.1) is 11.3 Å². The molecule has 0 spiro atoms. The van der Waals surface area contributed by atoms with Gasteiger partial charge in [0, 0.05) is 48.5 Å². The van der Waals surface area contributed by atoms with Crippen molar-refractivity contribution in [2.75, 3.05) is 59.4 Å². The van der Waals surface area contributed by atoms with Crippen LogP contribution in [0.15, 0.2) is 24.3 Å². The molecule has 1 aromatic heterocycles. The first-order chi connectivity index (χ1) is 14.9. The van der Waals surface area contributed by atoms with Crippen LogP contribution in [-0.2, 0) is 4.79 Å². The first kappa shape index (κ1) is 22.5. The van der Waals surface area contributed by atoms with Gasteiger partial charge in [-0.1, -0.05) is 17.7 Å². The zero-order valence-corrected chi connectivity index (χ0v) is 19.9. The smallest absolute Gasteiger partial charge is 0.264 e. The van der Waals surface area contributed by atoms with Gasteiger partial charge in [-0.05, 0) is 63.5 Å². The summed E-state index contributed by atoms with van der Waals surface area (Å²) in [5, 5.41) is 1.67. The fourth-order valence-corrected chi connectivity index (χ4v) is 5.86. The van der Waals surface area contributed by atoms with Crippen LogP contribution in [0, 0.1) is 0 Å². The summed E-state index contributed by atoms with van der Waals surface area (Å²) in [4.78, 5) is 35.1. The molecule has 6 nitrogen and oxygen atoms in total. The highest BCUT2D eigenvalue weighted by Gasteiger charge is 2.29. The molecule has 168 valence electrons. The Morgan fingerprint density at radius 2 is 1.81 bits per heavy atom. The van der Waals surface area contributed by atoms with Gasteiger partial charge in [0.25, 0.3) is 5.91 Å². The first-order valence-corrected chi connectivity index (χ1v) is 12.3. The van der Waals surface area contributed by atoms with E-state index in [-0.39, 0.29) is 18.4 Å². The van der Waals surface area contributed by atoms with Crippen molar-refractivity contribution in [3.63, 3.8) is 0 Å². The van der Waals surface area contributed by atoms with Crippen LogP contribution >= 0.6 is 22.9 Å². The number of amides is 2. The van der Waals surface area contributed by atoms with Crippen molar-refractivity contribution in [3.05, 3.63) is 34.2 Å². The molecule has 2 aromatic rings. The van der Waals surface area contributed by atoms with Crippen molar-refractivity contribution in [2.24, 2.45) is 0 Å². The monoisotopic (exact) mass is 462 g/mol. The van der Waals surface area contributed by atoms with Crippen molar-refractivity contribution >= 4 is 44.8 Å². The summed E-state index contributed by atoms with van der Waals surface area (Å²) >= 11 is 7.51. The van der Waals surface area contributed by atoms with E-state index in [9.17, 15) is 9.59 Å². The molecule has 2 fully saturated rings. The summed E-state index contributed by atoms with van der Waals surface area (Å²) in [5.74, 6) is -0.0412. The Bertz CT molecular complexity index is 933. The van der Waals surface area contributed by atoms with Crippen LogP contribution in [0.3, 0.4) is 0 Å². The fraction of sp³-hybridized carbons (Fsp3) is 0.565. The summed E-state index contributed by atoms with van der Waals surface area (Å²) in [6.07, 6.45) is 2.42. The SMILES string of the molecule is CCN(CC(=O)N1CCN(C2CCN(C)CC2)CC1)C(=O)c1cc2ccc(Cl)cc2s1. The van der Waals surface area contributed by atoms with E-state index in [1.165, 1.54) is 24.2 Å². The Morgan fingerprint density at radius 1 is 1.10 bits per heavy atom. The third kappa shape index (κ3) is 5.22. The number of piperazine rings is 1. The minimum Gasteiger partial charge on any atom is -0.339 e. The number of hydrogen-bond donors (Lipinski definition) is 0. The highest BCUT2D eigenvalue weighted by atomic mass is 35.5. The molecule has 2 amide bonds. The minimum atomic E-state index is -0.0851. The number of halogens is 1. The number of likely N-dealkylation sites (tertiary alicyclic amines) is 1. The largest absolute Gasteiger partial charge is 0.339 e. The van der Waals surface area contributed by atoms with Crippen LogP contribution in [0.2, 0.25) is 5.02 Å². The van der Waals surface area contributed by atoms with Gasteiger partial charge in [-0.25, -0.2) is 0 Å². The first-order valence-electron chi connectivity index (χ1n) is 11.1. The number of nitrogens with zero attached hydrogens (tertiary/aromatic N) is 4. The van der Waals surface area contributed by atoms with Crippen molar-refractivity contribution in [3.8, 4) is 0 Å². The number of carbonyl (C=O) groups excluding carboxylic acids is 2. The lowest BCUT2D eigenvalue weighted by Crippen LogP contribution is -2.55. The topological polar surface area (TPSA) is 47.1 Å². The molecule has 0 N–H and O–H groups in total. The Morgan fingerprint density at radius 3 is 2.48 bits per heavy atom. The Balaban J connectivity index is 1.33. The second-order valence-electron chi connectivity index (χ2n) is 8.56. The molecule has 0 radical (unpaired) electrons. The molecule has 0 unspecified atom stereocenters. The molecule has 8 heteroatoms. The summed E-state index contributed by atoms with van der Waals surface area (Å²) in [6.45, 7) is 8.23. The predicted molar refractivity (Wildman–Crippen MR) is 127 cm³/mol. The van der Waals surface area contributed by atoms with Crippen molar-refractivity contribution < 1.29 is 9.59 Å². The van der Waals surface area contributed by atoms with E-state index in [1.54, 1.807) is 4.90 Å². The highest BCUT2D eigenvalue weighted by molar-refractivity contribution is 7.20. The average Bonchev–Trinajstić information content (AvgIpc) is 3.20. The van der Waals surface area contributed by atoms with E-state index < -0.39 is 0 Å². The molecule has 2 aliphatic heterocycles. The number of rotatable bonds is 5. The number of thiophene rings is 1. The molecular formula is C23H31ClN4O2S. The molecule has 2 saturated heterocycles. The maximum absolute atomic E-state index is 13.1. The maximum Gasteiger partial charge on any atom is 0.264 e. The van der Waals surface area contributed by atoms with Crippen LogP contribution < -0.4 is 0 Å². The zero-order chi connectivity index (χ0) is 22.0. The molecular weight excluding hydrogens is 432 g/mol. The summed E-state index contributed by atoms with van der Waals surface area (Å²) < 4.78 is 0.989. The molecule has 0 saturated carbocycles. The number of likely N-dealkylation sites (N-methyl/N-ethyl adjacent to an activating group) is 1. The molecule has 0 aliphatic carbocycles. The molecule has 0 bridgehead atoms. The van der Waals surface area contributed by atoms with Gasteiger partial charge in [-0.2, -0.15) is 0 Å². The van der Waals surface area contributed by atoms with E-state index >= 15 is 0 Å². The fourth-order valence-electron chi connectivity index (χ4n) is 4.55. The van der Waals surface area contributed by atoms with E-state index in [0.29, 0.717) is 22.5 Å². The van der Waals surface area contributed by atoms with Crippen LogP contribution in [-0.4, -0.2) is 96.9 Å². The standard InChI is InChI=1S/C23H31ClN4O2S/c1-3-26(23(30)21-14-17-4-5-18(24)15-20(17)31-21)16-22(29)28-12-10-27(11-13-28)19-6-8-25(2)9-7-19/h4-5,14-15,19H,3,6-13,16H2,1-2H3. The number of carbonyl (C=O) groups is 2. The zero-order valence-electron chi connectivity index (χ0n) is 18.3. The quantitative estimate of drug-likeness (QED) is 0.684. The van der Waals surface area contributed by atoms with E-state index in [0.717, 1.165) is 49.4 Å². The van der Waals surface area contributed by atoms with Crippen molar-refractivity contribution in [1.29, 1.82) is 0 Å². The lowest BCUT2D eigenvalue weighted by molar-refractivity contribution is -0.134. The average molecular weight is 463 g/mol. The van der Waals surface area contributed by atoms with Gasteiger partial charge >= 0.3 is 0 Å². The van der Waals surface area contributed by atoms with Crippen molar-refractivity contribution in [2.45, 2.75) is 25.8 Å². The Hall–Kier alpha value is -1.67. The third-order valence-electron chi connectivity index (χ3n) is 6.56. The minimum absolute atomic E-state index is 0.0439. The molecule has 1 aromatic carbocycles. The third-order valence-corrected chi connectivity index (χ3v) is 7.88. The summed E-state index contributed by atoms with van der Waals surface area (Å²) in [6, 6.07) is 8.17. The lowest BCUT2D eigenvalue weighted by Gasteiger charge is -2.42. The molecule has 4 rings (SSSR count). The maximum atomic E-state index is 13.1. The van der Waals surface area contributed by atoms with E-state index in [2.05, 4.69) is 16.8 Å². The van der Waals surface area contributed by atoms with Crippen LogP contribution in [0.5, 0.6) is 0 Å². The Kier molecular flexibility index (Phi) is 7.16. The number of hydrogen-bond acceptors (Lipinski definition) is 5. The van der Waals surface area contributed by atoms with Gasteiger partial charge in [0.05, 0.1) is 4.88 Å². The summed E-state index contributed by atoms with van der Waals surface area (Å²) in [7, 11) is 2.18. The lowest BCUT2D eigenvalue weighted by atomic mass is 10.0. The molecule has 31 heavy (non-hydrogen) atoms. The summed E-state index contributed by atoms with van der Waals surface area (Å²) in [5.41, 5.74) is 0. The predicted octanol–water partition coefficient (Wildman–Crippen LogP) is 3.26. The highest BCUT2D eigenvalue weighted by Crippen LogP contribution is 2.29. The van der Waals surface area contributed by atoms with Gasteiger partial charge in [0.2, 0.25) is 5.91 Å².